The molecule has 90 valence electrons. The van der Waals surface area contributed by atoms with Crippen LogP contribution in [0.5, 0.6) is 0 Å². The molecule has 1 aliphatic heterocycles. The average Bonchev–Trinajstić information content (AvgIpc) is 2.66. The Labute approximate surface area is 94.8 Å². The zero-order chi connectivity index (χ0) is 11.1. The van der Waals surface area contributed by atoms with Crippen LogP contribution in [0.2, 0.25) is 0 Å². The largest absolute Gasteiger partial charge is 0.377 e. The van der Waals surface area contributed by atoms with E-state index in [0.29, 0.717) is 12.1 Å². The van der Waals surface area contributed by atoms with Crippen LogP contribution in [0.15, 0.2) is 0 Å². The fourth-order valence-electron chi connectivity index (χ4n) is 2.07. The summed E-state index contributed by atoms with van der Waals surface area (Å²) < 4.78 is 5.58. The molecule has 0 aromatic carbocycles. The fraction of sp³-hybridized carbons (Fsp3) is 1.00. The van der Waals surface area contributed by atoms with Gasteiger partial charge in [0.05, 0.1) is 6.10 Å². The maximum absolute atomic E-state index is 5.58. The maximum atomic E-state index is 5.58. The van der Waals surface area contributed by atoms with Crippen molar-refractivity contribution in [3.8, 4) is 0 Å². The van der Waals surface area contributed by atoms with E-state index in [0.717, 1.165) is 19.1 Å². The summed E-state index contributed by atoms with van der Waals surface area (Å²) in [7, 11) is 0. The van der Waals surface area contributed by atoms with E-state index in [4.69, 9.17) is 4.74 Å². The molecular formula is C13H27NO. The van der Waals surface area contributed by atoms with Crippen LogP contribution in [0.25, 0.3) is 0 Å². The van der Waals surface area contributed by atoms with Crippen LogP contribution in [0.3, 0.4) is 0 Å². The summed E-state index contributed by atoms with van der Waals surface area (Å²) in [6, 6.07) is 0.646. The van der Waals surface area contributed by atoms with Crippen molar-refractivity contribution in [2.45, 2.75) is 65.0 Å². The van der Waals surface area contributed by atoms with Gasteiger partial charge in [0.25, 0.3) is 0 Å². The van der Waals surface area contributed by atoms with Crippen molar-refractivity contribution in [2.75, 3.05) is 13.2 Å². The van der Waals surface area contributed by atoms with Crippen LogP contribution in [0.4, 0.5) is 0 Å². The predicted molar refractivity (Wildman–Crippen MR) is 65.1 cm³/mol. The van der Waals surface area contributed by atoms with Gasteiger partial charge in [-0.05, 0) is 32.1 Å². The molecule has 0 spiro atoms. The van der Waals surface area contributed by atoms with Crippen LogP contribution in [0, 0.1) is 5.92 Å². The molecule has 2 unspecified atom stereocenters. The van der Waals surface area contributed by atoms with Gasteiger partial charge in [-0.3, -0.25) is 0 Å². The second kappa shape index (κ2) is 7.24. The number of rotatable bonds is 7. The van der Waals surface area contributed by atoms with Crippen molar-refractivity contribution in [3.63, 3.8) is 0 Å². The lowest BCUT2D eigenvalue weighted by Gasteiger charge is -2.17. The van der Waals surface area contributed by atoms with E-state index in [-0.39, 0.29) is 0 Å². The molecule has 1 saturated heterocycles. The van der Waals surface area contributed by atoms with Crippen molar-refractivity contribution in [1.82, 2.24) is 5.32 Å². The van der Waals surface area contributed by atoms with Gasteiger partial charge in [-0.2, -0.15) is 0 Å². The van der Waals surface area contributed by atoms with Gasteiger partial charge in [0.2, 0.25) is 0 Å². The third kappa shape index (κ3) is 6.16. The van der Waals surface area contributed by atoms with Gasteiger partial charge in [-0.15, -0.1) is 0 Å². The average molecular weight is 213 g/mol. The molecule has 0 aromatic rings. The van der Waals surface area contributed by atoms with E-state index in [2.05, 4.69) is 26.1 Å². The molecule has 0 aliphatic carbocycles. The molecule has 0 amide bonds. The van der Waals surface area contributed by atoms with Crippen LogP contribution in [0.1, 0.15) is 52.9 Å². The van der Waals surface area contributed by atoms with E-state index >= 15 is 0 Å². The molecule has 2 nitrogen and oxygen atoms in total. The standard InChI is InChI=1S/C13H27NO/c1-11(2)6-4-7-12(3)14-10-13-8-5-9-15-13/h11-14H,4-10H2,1-3H3. The lowest BCUT2D eigenvalue weighted by Crippen LogP contribution is -2.33. The summed E-state index contributed by atoms with van der Waals surface area (Å²) in [5.41, 5.74) is 0. The molecule has 15 heavy (non-hydrogen) atoms. The molecule has 2 atom stereocenters. The van der Waals surface area contributed by atoms with E-state index in [9.17, 15) is 0 Å². The van der Waals surface area contributed by atoms with Crippen LogP contribution < -0.4 is 5.32 Å². The molecule has 1 heterocycles. The van der Waals surface area contributed by atoms with Crippen LogP contribution in [-0.2, 0) is 4.74 Å². The van der Waals surface area contributed by atoms with Gasteiger partial charge in [0.1, 0.15) is 0 Å². The first-order chi connectivity index (χ1) is 7.18. The first-order valence-electron chi connectivity index (χ1n) is 6.53. The van der Waals surface area contributed by atoms with E-state index in [1.54, 1.807) is 0 Å². The minimum atomic E-state index is 0.484. The summed E-state index contributed by atoms with van der Waals surface area (Å²) in [4.78, 5) is 0. The second-order valence-electron chi connectivity index (χ2n) is 5.27. The van der Waals surface area contributed by atoms with Gasteiger partial charge in [0.15, 0.2) is 0 Å². The highest BCUT2D eigenvalue weighted by atomic mass is 16.5. The first kappa shape index (κ1) is 13.0. The quantitative estimate of drug-likeness (QED) is 0.702. The predicted octanol–water partition coefficient (Wildman–Crippen LogP) is 2.97. The molecule has 0 bridgehead atoms. The number of nitrogens with one attached hydrogen (secondary N) is 1. The molecule has 0 aromatic heterocycles. The van der Waals surface area contributed by atoms with Crippen LogP contribution in [-0.4, -0.2) is 25.3 Å². The van der Waals surface area contributed by atoms with Crippen molar-refractivity contribution >= 4 is 0 Å². The minimum Gasteiger partial charge on any atom is -0.377 e. The highest BCUT2D eigenvalue weighted by Gasteiger charge is 2.15. The highest BCUT2D eigenvalue weighted by Crippen LogP contribution is 2.12. The van der Waals surface area contributed by atoms with E-state index < -0.39 is 0 Å². The molecule has 1 N–H and O–H groups in total. The first-order valence-corrected chi connectivity index (χ1v) is 6.53. The monoisotopic (exact) mass is 213 g/mol. The van der Waals surface area contributed by atoms with Gasteiger partial charge in [-0.25, -0.2) is 0 Å². The molecule has 1 aliphatic rings. The maximum Gasteiger partial charge on any atom is 0.0700 e. The molecule has 1 fully saturated rings. The number of hydrogen-bond acceptors (Lipinski definition) is 2. The topological polar surface area (TPSA) is 21.3 Å². The molecular weight excluding hydrogens is 186 g/mol. The Morgan fingerprint density at radius 2 is 2.07 bits per heavy atom. The third-order valence-corrected chi connectivity index (χ3v) is 3.14. The van der Waals surface area contributed by atoms with E-state index in [1.807, 2.05) is 0 Å². The van der Waals surface area contributed by atoms with Crippen molar-refractivity contribution < 1.29 is 4.74 Å². The summed E-state index contributed by atoms with van der Waals surface area (Å²) >= 11 is 0. The fourth-order valence-corrected chi connectivity index (χ4v) is 2.07. The Kier molecular flexibility index (Phi) is 6.26. The van der Waals surface area contributed by atoms with Gasteiger partial charge >= 0.3 is 0 Å². The highest BCUT2D eigenvalue weighted by molar-refractivity contribution is 4.70. The Morgan fingerprint density at radius 1 is 1.27 bits per heavy atom. The summed E-state index contributed by atoms with van der Waals surface area (Å²) in [6.45, 7) is 8.89. The zero-order valence-electron chi connectivity index (χ0n) is 10.6. The summed E-state index contributed by atoms with van der Waals surface area (Å²) in [6.07, 6.45) is 6.96. The molecule has 0 saturated carbocycles. The van der Waals surface area contributed by atoms with E-state index in [1.165, 1.54) is 32.1 Å². The Morgan fingerprint density at radius 3 is 2.67 bits per heavy atom. The molecule has 2 heteroatoms. The summed E-state index contributed by atoms with van der Waals surface area (Å²) in [5, 5.41) is 3.57. The Hall–Kier alpha value is -0.0800. The second-order valence-corrected chi connectivity index (χ2v) is 5.27. The molecule has 0 radical (unpaired) electrons. The molecule has 1 rings (SSSR count). The van der Waals surface area contributed by atoms with Gasteiger partial charge in [-0.1, -0.05) is 26.7 Å². The lowest BCUT2D eigenvalue weighted by molar-refractivity contribution is 0.107. The van der Waals surface area contributed by atoms with Crippen molar-refractivity contribution in [2.24, 2.45) is 5.92 Å². The number of hydrogen-bond donors (Lipinski definition) is 1. The Bertz CT molecular complexity index is 153. The van der Waals surface area contributed by atoms with Crippen LogP contribution >= 0.6 is 0 Å². The normalized spacial score (nSPS) is 23.6. The SMILES string of the molecule is CC(C)CCCC(C)NCC1CCCO1. The number of ether oxygens (including phenoxy) is 1. The Balaban J connectivity index is 1.95. The zero-order valence-corrected chi connectivity index (χ0v) is 10.6. The smallest absolute Gasteiger partial charge is 0.0700 e. The van der Waals surface area contributed by atoms with Crippen molar-refractivity contribution in [1.29, 1.82) is 0 Å². The minimum absolute atomic E-state index is 0.484. The van der Waals surface area contributed by atoms with Gasteiger partial charge in [0, 0.05) is 19.2 Å². The van der Waals surface area contributed by atoms with Crippen molar-refractivity contribution in [3.05, 3.63) is 0 Å². The van der Waals surface area contributed by atoms with Gasteiger partial charge < -0.3 is 10.1 Å². The summed E-state index contributed by atoms with van der Waals surface area (Å²) in [5.74, 6) is 0.843. The lowest BCUT2D eigenvalue weighted by atomic mass is 10.0. The third-order valence-electron chi connectivity index (χ3n) is 3.14.